The number of ether oxygens (including phenoxy) is 2. The maximum absolute atomic E-state index is 13.5. The number of nitrogens with zero attached hydrogens (tertiary/aromatic N) is 2. The lowest BCUT2D eigenvalue weighted by molar-refractivity contribution is -0.138. The van der Waals surface area contributed by atoms with E-state index in [1.807, 2.05) is 18.2 Å². The smallest absolute Gasteiger partial charge is 0.416 e. The van der Waals surface area contributed by atoms with Gasteiger partial charge >= 0.3 is 12.1 Å². The summed E-state index contributed by atoms with van der Waals surface area (Å²) in [5.41, 5.74) is 8.01. The van der Waals surface area contributed by atoms with Crippen LogP contribution in [-0.4, -0.2) is 62.7 Å². The van der Waals surface area contributed by atoms with Crippen molar-refractivity contribution in [3.8, 4) is 5.75 Å². The first-order valence-electron chi connectivity index (χ1n) is 12.6. The number of methoxy groups -OCH3 is 1. The second-order valence-electron chi connectivity index (χ2n) is 9.72. The Hall–Kier alpha value is -3.28. The molecule has 0 aliphatic carbocycles. The van der Waals surface area contributed by atoms with Crippen molar-refractivity contribution in [1.82, 2.24) is 9.80 Å². The largest absolute Gasteiger partial charge is 0.491 e. The summed E-state index contributed by atoms with van der Waals surface area (Å²) in [5.74, 6) is -0.937. The Bertz CT molecular complexity index is 1290. The van der Waals surface area contributed by atoms with Gasteiger partial charge in [-0.25, -0.2) is 4.79 Å². The summed E-state index contributed by atoms with van der Waals surface area (Å²) in [7, 11) is 3.38. The van der Waals surface area contributed by atoms with Gasteiger partial charge in [0.15, 0.2) is 4.88 Å². The second-order valence-corrected chi connectivity index (χ2v) is 10.8. The molecular formula is C28H33F3N4O3S. The minimum absolute atomic E-state index is 0.0596. The maximum atomic E-state index is 13.5. The summed E-state index contributed by atoms with van der Waals surface area (Å²) in [6, 6.07) is 12.9. The van der Waals surface area contributed by atoms with Crippen molar-refractivity contribution in [2.24, 2.45) is 0 Å². The summed E-state index contributed by atoms with van der Waals surface area (Å²) in [6.07, 6.45) is -4.47. The molecule has 1 atom stereocenters. The van der Waals surface area contributed by atoms with Gasteiger partial charge in [0, 0.05) is 44.7 Å². The molecule has 39 heavy (non-hydrogen) atoms. The van der Waals surface area contributed by atoms with Gasteiger partial charge in [-0.3, -0.25) is 4.90 Å². The van der Waals surface area contributed by atoms with E-state index < -0.39 is 23.6 Å². The molecule has 2 heterocycles. The molecule has 210 valence electrons. The van der Waals surface area contributed by atoms with Gasteiger partial charge in [-0.2, -0.15) is 13.2 Å². The Kier molecular flexibility index (Phi) is 9.04. The zero-order chi connectivity index (χ0) is 28.2. The topological polar surface area (TPSA) is 80.1 Å². The van der Waals surface area contributed by atoms with Crippen molar-refractivity contribution < 1.29 is 27.4 Å². The van der Waals surface area contributed by atoms with Crippen LogP contribution in [0, 0.1) is 0 Å². The highest BCUT2D eigenvalue weighted by atomic mass is 32.1. The SMILES string of the molecule is COC(=O)c1sc(Nc2cc(CN3CCN(C)CC3)ccc2N)cc1OCC(C)c1ccccc1C(F)(F)F. The van der Waals surface area contributed by atoms with Crippen LogP contribution in [0.1, 0.15) is 39.2 Å². The molecule has 0 spiro atoms. The molecule has 3 N–H and O–H groups in total. The number of esters is 1. The average molecular weight is 563 g/mol. The Labute approximate surface area is 230 Å². The second kappa shape index (κ2) is 12.3. The molecule has 0 radical (unpaired) electrons. The lowest BCUT2D eigenvalue weighted by atomic mass is 9.96. The van der Waals surface area contributed by atoms with Gasteiger partial charge in [-0.1, -0.05) is 31.2 Å². The van der Waals surface area contributed by atoms with Gasteiger partial charge in [0.05, 0.1) is 35.7 Å². The first kappa shape index (κ1) is 28.7. The van der Waals surface area contributed by atoms with Crippen molar-refractivity contribution in [2.75, 3.05) is 58.0 Å². The van der Waals surface area contributed by atoms with Crippen LogP contribution in [0.3, 0.4) is 0 Å². The number of anilines is 3. The number of hydrogen-bond acceptors (Lipinski definition) is 8. The van der Waals surface area contributed by atoms with E-state index in [-0.39, 0.29) is 22.8 Å². The van der Waals surface area contributed by atoms with Crippen LogP contribution < -0.4 is 15.8 Å². The van der Waals surface area contributed by atoms with Gasteiger partial charge in [0.1, 0.15) is 5.75 Å². The fourth-order valence-corrected chi connectivity index (χ4v) is 5.41. The number of carbonyl (C=O) groups excluding carboxylic acids is 1. The van der Waals surface area contributed by atoms with Gasteiger partial charge < -0.3 is 25.4 Å². The molecule has 7 nitrogen and oxygen atoms in total. The molecule has 0 bridgehead atoms. The number of benzene rings is 2. The minimum Gasteiger partial charge on any atom is -0.491 e. The quantitative estimate of drug-likeness (QED) is 0.252. The molecule has 1 unspecified atom stereocenters. The van der Waals surface area contributed by atoms with Crippen LogP contribution in [0.2, 0.25) is 0 Å². The molecule has 1 saturated heterocycles. The number of piperazine rings is 1. The first-order valence-corrected chi connectivity index (χ1v) is 13.4. The summed E-state index contributed by atoms with van der Waals surface area (Å²) >= 11 is 1.13. The molecule has 0 amide bonds. The number of likely N-dealkylation sites (N-methyl/N-ethyl adjacent to an activating group) is 1. The van der Waals surface area contributed by atoms with E-state index in [4.69, 9.17) is 15.2 Å². The fourth-order valence-electron chi connectivity index (χ4n) is 4.47. The van der Waals surface area contributed by atoms with Crippen LogP contribution in [-0.2, 0) is 17.5 Å². The van der Waals surface area contributed by atoms with Crippen LogP contribution in [0.25, 0.3) is 0 Å². The van der Waals surface area contributed by atoms with Crippen LogP contribution in [0.15, 0.2) is 48.5 Å². The van der Waals surface area contributed by atoms with E-state index in [2.05, 4.69) is 22.2 Å². The highest BCUT2D eigenvalue weighted by Gasteiger charge is 2.34. The lowest BCUT2D eigenvalue weighted by Gasteiger charge is -2.32. The van der Waals surface area contributed by atoms with E-state index in [1.165, 1.54) is 19.2 Å². The van der Waals surface area contributed by atoms with E-state index in [0.29, 0.717) is 16.4 Å². The number of thiophene rings is 1. The van der Waals surface area contributed by atoms with E-state index in [0.717, 1.165) is 55.7 Å². The molecule has 1 fully saturated rings. The standard InChI is InChI=1S/C28H33F3N4O3S/c1-18(20-6-4-5-7-21(20)28(29,30)31)17-38-24-15-25(39-26(24)27(36)37-3)33-23-14-19(8-9-22(23)32)16-35-12-10-34(2)11-13-35/h4-9,14-15,18,33H,10-13,16-17,32H2,1-3H3. The molecule has 2 aromatic carbocycles. The number of carbonyl (C=O) groups is 1. The number of nitrogens with one attached hydrogen (secondary N) is 1. The average Bonchev–Trinajstić information content (AvgIpc) is 3.32. The number of hydrogen-bond donors (Lipinski definition) is 2. The monoisotopic (exact) mass is 562 g/mol. The first-order chi connectivity index (χ1) is 18.5. The van der Waals surface area contributed by atoms with Crippen molar-refractivity contribution in [3.05, 3.63) is 70.1 Å². The summed E-state index contributed by atoms with van der Waals surface area (Å²) in [6.45, 7) is 6.42. The fraction of sp³-hybridized carbons (Fsp3) is 0.393. The molecule has 4 rings (SSSR count). The third-order valence-electron chi connectivity index (χ3n) is 6.73. The molecule has 3 aromatic rings. The zero-order valence-corrected chi connectivity index (χ0v) is 23.0. The minimum atomic E-state index is -4.47. The molecule has 1 aromatic heterocycles. The molecule has 1 aliphatic rings. The predicted molar refractivity (Wildman–Crippen MR) is 148 cm³/mol. The molecule has 1 aliphatic heterocycles. The predicted octanol–water partition coefficient (Wildman–Crippen LogP) is 5.81. The van der Waals surface area contributed by atoms with Crippen molar-refractivity contribution in [3.63, 3.8) is 0 Å². The van der Waals surface area contributed by atoms with E-state index in [9.17, 15) is 18.0 Å². The third-order valence-corrected chi connectivity index (χ3v) is 7.74. The Balaban J connectivity index is 1.50. The number of rotatable bonds is 9. The van der Waals surface area contributed by atoms with Gasteiger partial charge in [0.25, 0.3) is 0 Å². The van der Waals surface area contributed by atoms with Crippen LogP contribution >= 0.6 is 11.3 Å². The third kappa shape index (κ3) is 7.23. The maximum Gasteiger partial charge on any atom is 0.416 e. The highest BCUT2D eigenvalue weighted by Crippen LogP contribution is 2.39. The Morgan fingerprint density at radius 3 is 2.54 bits per heavy atom. The lowest BCUT2D eigenvalue weighted by Crippen LogP contribution is -2.43. The summed E-state index contributed by atoms with van der Waals surface area (Å²) < 4.78 is 51.2. The molecular weight excluding hydrogens is 529 g/mol. The van der Waals surface area contributed by atoms with E-state index in [1.54, 1.807) is 19.1 Å². The van der Waals surface area contributed by atoms with Crippen molar-refractivity contribution in [2.45, 2.75) is 25.6 Å². The van der Waals surface area contributed by atoms with Gasteiger partial charge in [-0.05, 0) is 36.4 Å². The van der Waals surface area contributed by atoms with Crippen molar-refractivity contribution in [1.29, 1.82) is 0 Å². The summed E-state index contributed by atoms with van der Waals surface area (Å²) in [5, 5.41) is 3.87. The number of nitrogens with two attached hydrogens (primary N) is 1. The van der Waals surface area contributed by atoms with Crippen LogP contribution in [0.5, 0.6) is 5.75 Å². The zero-order valence-electron chi connectivity index (χ0n) is 22.2. The Morgan fingerprint density at radius 2 is 1.85 bits per heavy atom. The number of alkyl halides is 3. The van der Waals surface area contributed by atoms with E-state index >= 15 is 0 Å². The Morgan fingerprint density at radius 1 is 1.13 bits per heavy atom. The number of halogens is 3. The highest BCUT2D eigenvalue weighted by molar-refractivity contribution is 7.18. The van der Waals surface area contributed by atoms with Crippen molar-refractivity contribution >= 4 is 33.7 Å². The number of nitrogen functional groups attached to an aromatic ring is 1. The van der Waals surface area contributed by atoms with Gasteiger partial charge in [0.2, 0.25) is 0 Å². The van der Waals surface area contributed by atoms with Crippen LogP contribution in [0.4, 0.5) is 29.5 Å². The summed E-state index contributed by atoms with van der Waals surface area (Å²) in [4.78, 5) is 17.4. The normalized spacial score (nSPS) is 15.6. The molecule has 0 saturated carbocycles. The van der Waals surface area contributed by atoms with Gasteiger partial charge in [-0.15, -0.1) is 11.3 Å². The molecule has 11 heteroatoms.